The molecule has 0 radical (unpaired) electrons. The number of piperidine rings is 1. The Kier molecular flexibility index (Phi) is 3.91. The highest BCUT2D eigenvalue weighted by molar-refractivity contribution is 9.10. The number of rotatable bonds is 2. The molecule has 1 aliphatic rings. The normalized spacial score (nSPS) is 24.8. The van der Waals surface area contributed by atoms with Gasteiger partial charge >= 0.3 is 0 Å². The topological polar surface area (TPSA) is 29.3 Å². The first kappa shape index (κ1) is 13.1. The summed E-state index contributed by atoms with van der Waals surface area (Å²) in [6.07, 6.45) is 2.32. The van der Waals surface area contributed by atoms with Gasteiger partial charge in [-0.3, -0.25) is 4.90 Å². The van der Waals surface area contributed by atoms with Crippen LogP contribution < -0.4 is 5.73 Å². The third-order valence-corrected chi connectivity index (χ3v) is 4.53. The fourth-order valence-electron chi connectivity index (χ4n) is 2.43. The van der Waals surface area contributed by atoms with E-state index in [0.717, 1.165) is 19.5 Å². The number of halogens is 1. The fourth-order valence-corrected chi connectivity index (χ4v) is 2.84. The summed E-state index contributed by atoms with van der Waals surface area (Å²) in [5.41, 5.74) is 7.68. The lowest BCUT2D eigenvalue weighted by molar-refractivity contribution is 0.0584. The van der Waals surface area contributed by atoms with Crippen molar-refractivity contribution in [1.29, 1.82) is 0 Å². The van der Waals surface area contributed by atoms with Crippen LogP contribution in [-0.4, -0.2) is 23.0 Å². The quantitative estimate of drug-likeness (QED) is 0.908. The minimum Gasteiger partial charge on any atom is -0.327 e. The van der Waals surface area contributed by atoms with Crippen molar-refractivity contribution in [2.24, 2.45) is 5.73 Å². The number of nitrogens with two attached hydrogens (primary N) is 1. The first-order chi connectivity index (χ1) is 7.99. The van der Waals surface area contributed by atoms with Gasteiger partial charge in [0.1, 0.15) is 0 Å². The molecule has 2 rings (SSSR count). The molecular formula is C14H21BrN2. The third kappa shape index (κ3) is 3.09. The first-order valence-electron chi connectivity index (χ1n) is 6.23. The summed E-state index contributed by atoms with van der Waals surface area (Å²) in [7, 11) is 0. The van der Waals surface area contributed by atoms with Crippen LogP contribution in [0, 0.1) is 0 Å². The van der Waals surface area contributed by atoms with Gasteiger partial charge in [-0.15, -0.1) is 0 Å². The van der Waals surface area contributed by atoms with Crippen molar-refractivity contribution in [3.8, 4) is 0 Å². The van der Waals surface area contributed by atoms with Crippen LogP contribution in [0.4, 0.5) is 0 Å². The van der Waals surface area contributed by atoms with Gasteiger partial charge in [-0.25, -0.2) is 0 Å². The summed E-state index contributed by atoms with van der Waals surface area (Å²) in [5, 5.41) is 0. The zero-order chi connectivity index (χ0) is 12.5. The van der Waals surface area contributed by atoms with E-state index in [0.29, 0.717) is 6.04 Å². The summed E-state index contributed by atoms with van der Waals surface area (Å²) < 4.78 is 1.19. The van der Waals surface area contributed by atoms with Crippen molar-refractivity contribution < 1.29 is 0 Å². The molecule has 1 unspecified atom stereocenters. The number of hydrogen-bond acceptors (Lipinski definition) is 2. The van der Waals surface area contributed by atoms with Crippen LogP contribution >= 0.6 is 15.9 Å². The minimum atomic E-state index is 0.255. The van der Waals surface area contributed by atoms with E-state index >= 15 is 0 Å². The molecule has 0 bridgehead atoms. The smallest absolute Gasteiger partial charge is 0.0250 e. The van der Waals surface area contributed by atoms with Gasteiger partial charge in [0.15, 0.2) is 0 Å². The lowest BCUT2D eigenvalue weighted by atomic mass is 9.88. The average molecular weight is 297 g/mol. The maximum absolute atomic E-state index is 6.08. The lowest BCUT2D eigenvalue weighted by Crippen LogP contribution is -2.53. The van der Waals surface area contributed by atoms with Crippen LogP contribution in [0.3, 0.4) is 0 Å². The Bertz CT molecular complexity index is 390. The molecule has 0 amide bonds. The van der Waals surface area contributed by atoms with Crippen LogP contribution in [0.15, 0.2) is 28.7 Å². The second-order valence-electron chi connectivity index (χ2n) is 5.58. The number of nitrogens with zero attached hydrogens (tertiary/aromatic N) is 1. The molecule has 0 aliphatic carbocycles. The van der Waals surface area contributed by atoms with E-state index in [-0.39, 0.29) is 5.54 Å². The molecule has 1 aliphatic heterocycles. The molecule has 94 valence electrons. The van der Waals surface area contributed by atoms with Crippen LogP contribution in [0.25, 0.3) is 0 Å². The van der Waals surface area contributed by atoms with Crippen molar-refractivity contribution in [2.75, 3.05) is 6.54 Å². The van der Waals surface area contributed by atoms with E-state index in [2.05, 4.69) is 58.9 Å². The molecule has 1 heterocycles. The van der Waals surface area contributed by atoms with Crippen molar-refractivity contribution in [3.05, 3.63) is 34.3 Å². The van der Waals surface area contributed by atoms with Crippen molar-refractivity contribution >= 4 is 15.9 Å². The Balaban J connectivity index is 2.14. The molecule has 3 heteroatoms. The molecule has 1 aromatic rings. The van der Waals surface area contributed by atoms with Gasteiger partial charge in [-0.05, 0) is 38.3 Å². The fraction of sp³-hybridized carbons (Fsp3) is 0.571. The van der Waals surface area contributed by atoms with E-state index in [1.165, 1.54) is 16.5 Å². The Morgan fingerprint density at radius 1 is 1.41 bits per heavy atom. The van der Waals surface area contributed by atoms with Gasteiger partial charge < -0.3 is 5.73 Å². The number of benzene rings is 1. The summed E-state index contributed by atoms with van der Waals surface area (Å²) in [6.45, 7) is 6.60. The maximum Gasteiger partial charge on any atom is 0.0250 e. The zero-order valence-corrected chi connectivity index (χ0v) is 12.2. The third-order valence-electron chi connectivity index (χ3n) is 3.76. The summed E-state index contributed by atoms with van der Waals surface area (Å²) in [6, 6.07) is 8.76. The highest BCUT2D eigenvalue weighted by Gasteiger charge is 2.32. The lowest BCUT2D eigenvalue weighted by Gasteiger charge is -2.45. The van der Waals surface area contributed by atoms with Crippen LogP contribution in [0.5, 0.6) is 0 Å². The van der Waals surface area contributed by atoms with E-state index in [4.69, 9.17) is 5.73 Å². The predicted molar refractivity (Wildman–Crippen MR) is 75.8 cm³/mol. The van der Waals surface area contributed by atoms with E-state index < -0.39 is 0 Å². The highest BCUT2D eigenvalue weighted by atomic mass is 79.9. The summed E-state index contributed by atoms with van der Waals surface area (Å²) in [5.74, 6) is 0. The molecule has 1 atom stereocenters. The molecule has 0 spiro atoms. The van der Waals surface area contributed by atoms with Crippen LogP contribution in [0.2, 0.25) is 0 Å². The number of hydrogen-bond donors (Lipinski definition) is 1. The van der Waals surface area contributed by atoms with Crippen LogP contribution in [0.1, 0.15) is 32.3 Å². The Labute approximate surface area is 112 Å². The second kappa shape index (κ2) is 5.09. The highest BCUT2D eigenvalue weighted by Crippen LogP contribution is 2.29. The van der Waals surface area contributed by atoms with Gasteiger partial charge in [0.2, 0.25) is 0 Å². The van der Waals surface area contributed by atoms with Crippen LogP contribution in [-0.2, 0) is 6.54 Å². The Morgan fingerprint density at radius 2 is 2.12 bits per heavy atom. The molecule has 17 heavy (non-hydrogen) atoms. The Hall–Kier alpha value is -0.380. The molecule has 2 N–H and O–H groups in total. The molecular weight excluding hydrogens is 276 g/mol. The molecule has 0 aromatic heterocycles. The molecule has 2 nitrogen and oxygen atoms in total. The monoisotopic (exact) mass is 296 g/mol. The summed E-state index contributed by atoms with van der Waals surface area (Å²) in [4.78, 5) is 2.50. The molecule has 1 aromatic carbocycles. The van der Waals surface area contributed by atoms with Gasteiger partial charge in [0, 0.05) is 29.1 Å². The zero-order valence-electron chi connectivity index (χ0n) is 10.6. The molecule has 0 saturated carbocycles. The van der Waals surface area contributed by atoms with Gasteiger partial charge in [-0.2, -0.15) is 0 Å². The molecule has 1 saturated heterocycles. The van der Waals surface area contributed by atoms with Crippen molar-refractivity contribution in [2.45, 2.75) is 44.8 Å². The van der Waals surface area contributed by atoms with E-state index in [1.807, 2.05) is 0 Å². The second-order valence-corrected chi connectivity index (χ2v) is 6.44. The largest absolute Gasteiger partial charge is 0.327 e. The minimum absolute atomic E-state index is 0.255. The van der Waals surface area contributed by atoms with Gasteiger partial charge in [0.25, 0.3) is 0 Å². The van der Waals surface area contributed by atoms with Gasteiger partial charge in [-0.1, -0.05) is 34.1 Å². The SMILES string of the molecule is CC1(C)CCC(N)CN1Cc1ccccc1Br. The predicted octanol–water partition coefficient (Wildman–Crippen LogP) is 3.15. The average Bonchev–Trinajstić information content (AvgIpc) is 2.27. The summed E-state index contributed by atoms with van der Waals surface area (Å²) >= 11 is 3.62. The van der Waals surface area contributed by atoms with E-state index in [1.54, 1.807) is 0 Å². The van der Waals surface area contributed by atoms with E-state index in [9.17, 15) is 0 Å². The Morgan fingerprint density at radius 3 is 2.82 bits per heavy atom. The van der Waals surface area contributed by atoms with Crippen molar-refractivity contribution in [1.82, 2.24) is 4.90 Å². The maximum atomic E-state index is 6.08. The first-order valence-corrected chi connectivity index (χ1v) is 7.02. The molecule has 1 fully saturated rings. The van der Waals surface area contributed by atoms with Crippen molar-refractivity contribution in [3.63, 3.8) is 0 Å². The van der Waals surface area contributed by atoms with Gasteiger partial charge in [0.05, 0.1) is 0 Å². The standard InChI is InChI=1S/C14H21BrN2/c1-14(2)8-7-12(16)10-17(14)9-11-5-3-4-6-13(11)15/h3-6,12H,7-10,16H2,1-2H3. The number of likely N-dealkylation sites (tertiary alicyclic amines) is 1.